The lowest BCUT2D eigenvalue weighted by Gasteiger charge is -2.35. The van der Waals surface area contributed by atoms with Gasteiger partial charge in [0.15, 0.2) is 6.10 Å². The zero-order valence-corrected chi connectivity index (χ0v) is 15.2. The standard InChI is InChI=1S/C16H29F3N2O4/c1-5-6-7-8-9-20-14(24)13(23)12(10-16(17,18)19)21(11-22)25-15(2,3)4/h11-13,23H,5-10H2,1-4H3,(H,20,24). The van der Waals surface area contributed by atoms with E-state index >= 15 is 0 Å². The number of hydrogen-bond donors (Lipinski definition) is 2. The third kappa shape index (κ3) is 11.0. The van der Waals surface area contributed by atoms with E-state index in [0.29, 0.717) is 11.5 Å². The predicted octanol–water partition coefficient (Wildman–Crippen LogP) is 2.55. The molecule has 0 saturated heterocycles. The van der Waals surface area contributed by atoms with Gasteiger partial charge in [-0.1, -0.05) is 26.2 Å². The van der Waals surface area contributed by atoms with Crippen LogP contribution in [-0.2, 0) is 14.4 Å². The van der Waals surface area contributed by atoms with Crippen molar-refractivity contribution in [1.82, 2.24) is 10.4 Å². The second-order valence-corrected chi connectivity index (χ2v) is 6.85. The molecule has 2 amide bonds. The minimum Gasteiger partial charge on any atom is -0.381 e. The van der Waals surface area contributed by atoms with Gasteiger partial charge in [-0.2, -0.15) is 13.2 Å². The van der Waals surface area contributed by atoms with Crippen molar-refractivity contribution < 1.29 is 32.7 Å². The van der Waals surface area contributed by atoms with Crippen LogP contribution in [0.1, 0.15) is 59.8 Å². The third-order valence-corrected chi connectivity index (χ3v) is 3.21. The molecule has 0 aliphatic heterocycles. The summed E-state index contributed by atoms with van der Waals surface area (Å²) in [4.78, 5) is 28.3. The van der Waals surface area contributed by atoms with Crippen molar-refractivity contribution in [3.05, 3.63) is 0 Å². The van der Waals surface area contributed by atoms with E-state index in [-0.39, 0.29) is 13.0 Å². The molecule has 0 bridgehead atoms. The fourth-order valence-electron chi connectivity index (χ4n) is 2.10. The lowest BCUT2D eigenvalue weighted by Crippen LogP contribution is -2.53. The van der Waals surface area contributed by atoms with Crippen molar-refractivity contribution in [2.75, 3.05) is 6.54 Å². The Morgan fingerprint density at radius 3 is 2.28 bits per heavy atom. The number of hydroxylamine groups is 2. The monoisotopic (exact) mass is 370 g/mol. The SMILES string of the molecule is CCCCCCNC(=O)C(O)C(CC(F)(F)F)N(C=O)OC(C)(C)C. The number of unbranched alkanes of at least 4 members (excludes halogenated alkanes) is 3. The number of nitrogens with one attached hydrogen (secondary N) is 1. The van der Waals surface area contributed by atoms with Crippen LogP contribution in [0.4, 0.5) is 13.2 Å². The maximum atomic E-state index is 12.8. The second-order valence-electron chi connectivity index (χ2n) is 6.85. The lowest BCUT2D eigenvalue weighted by atomic mass is 10.1. The smallest absolute Gasteiger partial charge is 0.381 e. The largest absolute Gasteiger partial charge is 0.391 e. The van der Waals surface area contributed by atoms with Gasteiger partial charge in [0.1, 0.15) is 6.04 Å². The van der Waals surface area contributed by atoms with Gasteiger partial charge in [-0.25, -0.2) is 5.06 Å². The highest BCUT2D eigenvalue weighted by molar-refractivity contribution is 5.81. The maximum absolute atomic E-state index is 12.8. The number of rotatable bonds is 11. The van der Waals surface area contributed by atoms with Crippen LogP contribution in [0.5, 0.6) is 0 Å². The summed E-state index contributed by atoms with van der Waals surface area (Å²) in [5.74, 6) is -0.963. The quantitative estimate of drug-likeness (QED) is 0.333. The van der Waals surface area contributed by atoms with Crippen molar-refractivity contribution in [1.29, 1.82) is 0 Å². The summed E-state index contributed by atoms with van der Waals surface area (Å²) < 4.78 is 38.4. The summed E-state index contributed by atoms with van der Waals surface area (Å²) in [7, 11) is 0. The Labute approximate surface area is 146 Å². The third-order valence-electron chi connectivity index (χ3n) is 3.21. The molecule has 2 N–H and O–H groups in total. The first-order valence-electron chi connectivity index (χ1n) is 8.36. The Balaban J connectivity index is 4.99. The first kappa shape index (κ1) is 23.6. The van der Waals surface area contributed by atoms with Crippen LogP contribution >= 0.6 is 0 Å². The fraction of sp³-hybridized carbons (Fsp3) is 0.875. The van der Waals surface area contributed by atoms with Crippen LogP contribution in [0.25, 0.3) is 0 Å². The number of nitrogens with zero attached hydrogens (tertiary/aromatic N) is 1. The van der Waals surface area contributed by atoms with Gasteiger partial charge in [-0.3, -0.25) is 14.4 Å². The van der Waals surface area contributed by atoms with Crippen molar-refractivity contribution >= 4 is 12.3 Å². The van der Waals surface area contributed by atoms with E-state index in [4.69, 9.17) is 4.84 Å². The number of amides is 2. The summed E-state index contributed by atoms with van der Waals surface area (Å²) in [6.07, 6.45) is -4.75. The van der Waals surface area contributed by atoms with Gasteiger partial charge in [0.25, 0.3) is 5.91 Å². The van der Waals surface area contributed by atoms with E-state index in [0.717, 1.165) is 19.3 Å². The number of aliphatic hydroxyl groups is 1. The molecule has 0 aliphatic carbocycles. The summed E-state index contributed by atoms with van der Waals surface area (Å²) in [5.41, 5.74) is -0.971. The van der Waals surface area contributed by atoms with Crippen LogP contribution in [-0.4, -0.2) is 53.0 Å². The predicted molar refractivity (Wildman–Crippen MR) is 86.4 cm³/mol. The normalized spacial score (nSPS) is 14.7. The summed E-state index contributed by atoms with van der Waals surface area (Å²) in [5, 5.41) is 12.8. The summed E-state index contributed by atoms with van der Waals surface area (Å²) in [6, 6.07) is -1.87. The highest BCUT2D eigenvalue weighted by Crippen LogP contribution is 2.27. The summed E-state index contributed by atoms with van der Waals surface area (Å²) in [6.45, 7) is 6.88. The van der Waals surface area contributed by atoms with Crippen molar-refractivity contribution in [3.8, 4) is 0 Å². The Hall–Kier alpha value is -1.35. The molecule has 0 radical (unpaired) electrons. The van der Waals surface area contributed by atoms with Crippen LogP contribution in [0, 0.1) is 0 Å². The van der Waals surface area contributed by atoms with E-state index in [1.165, 1.54) is 20.8 Å². The number of alkyl halides is 3. The maximum Gasteiger partial charge on any atom is 0.391 e. The molecule has 0 fully saturated rings. The molecule has 9 heteroatoms. The molecule has 6 nitrogen and oxygen atoms in total. The Kier molecular flexibility index (Phi) is 10.0. The molecular formula is C16H29F3N2O4. The molecule has 0 heterocycles. The molecule has 0 aromatic carbocycles. The molecule has 0 spiro atoms. The molecular weight excluding hydrogens is 341 g/mol. The van der Waals surface area contributed by atoms with E-state index < -0.39 is 36.3 Å². The molecule has 2 atom stereocenters. The van der Waals surface area contributed by atoms with E-state index in [1.54, 1.807) is 0 Å². The van der Waals surface area contributed by atoms with Gasteiger partial charge in [0.2, 0.25) is 6.41 Å². The fourth-order valence-corrected chi connectivity index (χ4v) is 2.10. The van der Waals surface area contributed by atoms with Crippen molar-refractivity contribution in [2.45, 2.75) is 83.7 Å². The van der Waals surface area contributed by atoms with Crippen LogP contribution in [0.15, 0.2) is 0 Å². The highest BCUT2D eigenvalue weighted by Gasteiger charge is 2.42. The Morgan fingerprint density at radius 2 is 1.84 bits per heavy atom. The molecule has 0 aliphatic rings. The van der Waals surface area contributed by atoms with Gasteiger partial charge in [-0.15, -0.1) is 0 Å². The molecule has 0 aromatic heterocycles. The zero-order valence-electron chi connectivity index (χ0n) is 15.2. The van der Waals surface area contributed by atoms with Crippen LogP contribution in [0.3, 0.4) is 0 Å². The van der Waals surface area contributed by atoms with E-state index in [9.17, 15) is 27.9 Å². The minimum atomic E-state index is -4.68. The van der Waals surface area contributed by atoms with Crippen LogP contribution < -0.4 is 5.32 Å². The molecule has 25 heavy (non-hydrogen) atoms. The number of carbonyl (C=O) groups excluding carboxylic acids is 2. The van der Waals surface area contributed by atoms with Gasteiger partial charge in [0, 0.05) is 6.54 Å². The van der Waals surface area contributed by atoms with Crippen molar-refractivity contribution in [3.63, 3.8) is 0 Å². The van der Waals surface area contributed by atoms with E-state index in [2.05, 4.69) is 5.32 Å². The first-order valence-corrected chi connectivity index (χ1v) is 8.36. The molecule has 0 rings (SSSR count). The second kappa shape index (κ2) is 10.6. The first-order chi connectivity index (χ1) is 11.4. The average Bonchev–Trinajstić information content (AvgIpc) is 2.47. The average molecular weight is 370 g/mol. The Morgan fingerprint density at radius 1 is 1.24 bits per heavy atom. The van der Waals surface area contributed by atoms with Gasteiger partial charge < -0.3 is 10.4 Å². The van der Waals surface area contributed by atoms with Crippen molar-refractivity contribution in [2.24, 2.45) is 0 Å². The molecule has 0 aromatic rings. The Bertz CT molecular complexity index is 411. The zero-order chi connectivity index (χ0) is 19.7. The molecule has 0 saturated carbocycles. The van der Waals surface area contributed by atoms with Gasteiger partial charge in [-0.05, 0) is 27.2 Å². The summed E-state index contributed by atoms with van der Waals surface area (Å²) >= 11 is 0. The van der Waals surface area contributed by atoms with Gasteiger partial charge in [0.05, 0.1) is 12.0 Å². The number of halogens is 3. The number of hydrogen-bond acceptors (Lipinski definition) is 4. The molecule has 148 valence electrons. The minimum absolute atomic E-state index is 0.0411. The topological polar surface area (TPSA) is 78.9 Å². The van der Waals surface area contributed by atoms with Gasteiger partial charge >= 0.3 is 6.18 Å². The van der Waals surface area contributed by atoms with E-state index in [1.807, 2.05) is 6.92 Å². The molecule has 2 unspecified atom stereocenters. The highest BCUT2D eigenvalue weighted by atomic mass is 19.4. The van der Waals surface area contributed by atoms with Crippen LogP contribution in [0.2, 0.25) is 0 Å². The number of aliphatic hydroxyl groups excluding tert-OH is 1. The number of carbonyl (C=O) groups is 2. The lowest BCUT2D eigenvalue weighted by molar-refractivity contribution is -0.257.